The number of hydrogen-bond donors (Lipinski definition) is 1. The summed E-state index contributed by atoms with van der Waals surface area (Å²) in [5, 5.41) is 8.93. The quantitative estimate of drug-likeness (QED) is 0.820. The van der Waals surface area contributed by atoms with Crippen LogP contribution in [0.25, 0.3) is 0 Å². The number of hydrogen-bond acceptors (Lipinski definition) is 2. The lowest BCUT2D eigenvalue weighted by Crippen LogP contribution is -2.45. The van der Waals surface area contributed by atoms with Crippen molar-refractivity contribution >= 4 is 11.9 Å². The zero-order valence-corrected chi connectivity index (χ0v) is 11.0. The third-order valence-corrected chi connectivity index (χ3v) is 4.04. The van der Waals surface area contributed by atoms with Crippen LogP contribution in [0.2, 0.25) is 0 Å². The minimum absolute atomic E-state index is 0.00597. The summed E-state index contributed by atoms with van der Waals surface area (Å²) in [5.41, 5.74) is 0. The van der Waals surface area contributed by atoms with Gasteiger partial charge in [-0.25, -0.2) is 4.79 Å². The number of carboxylic acids is 1. The largest absolute Gasteiger partial charge is 0.480 e. The number of rotatable bonds is 4. The van der Waals surface area contributed by atoms with Crippen LogP contribution in [0.1, 0.15) is 46.0 Å². The smallest absolute Gasteiger partial charge is 0.326 e. The van der Waals surface area contributed by atoms with Crippen LogP contribution in [-0.2, 0) is 9.59 Å². The van der Waals surface area contributed by atoms with E-state index in [0.717, 1.165) is 25.7 Å². The van der Waals surface area contributed by atoms with Gasteiger partial charge in [0, 0.05) is 13.0 Å². The molecule has 98 valence electrons. The van der Waals surface area contributed by atoms with Gasteiger partial charge in [-0.2, -0.15) is 0 Å². The minimum atomic E-state index is -0.940. The molecule has 0 aromatic heterocycles. The standard InChI is InChI=1S/C13H23NO3/c1-4-10-7-5-6-8-11(10)12(15)14(3)9(2)13(16)17/h9-11H,4-8H2,1-3H3,(H,16,17). The van der Waals surface area contributed by atoms with Crippen molar-refractivity contribution in [1.29, 1.82) is 0 Å². The Labute approximate surface area is 103 Å². The molecule has 1 aliphatic rings. The second-order valence-corrected chi connectivity index (χ2v) is 5.02. The van der Waals surface area contributed by atoms with Crippen LogP contribution in [0, 0.1) is 11.8 Å². The zero-order valence-electron chi connectivity index (χ0n) is 11.0. The lowest BCUT2D eigenvalue weighted by Gasteiger charge is -2.34. The molecule has 0 radical (unpaired) electrons. The molecule has 0 aromatic carbocycles. The summed E-state index contributed by atoms with van der Waals surface area (Å²) in [7, 11) is 1.60. The number of amides is 1. The number of likely N-dealkylation sites (N-methyl/N-ethyl adjacent to an activating group) is 1. The van der Waals surface area contributed by atoms with Crippen LogP contribution in [-0.4, -0.2) is 35.0 Å². The average molecular weight is 241 g/mol. The van der Waals surface area contributed by atoms with Crippen molar-refractivity contribution in [3.63, 3.8) is 0 Å². The molecule has 0 saturated heterocycles. The Balaban J connectivity index is 2.70. The Morgan fingerprint density at radius 3 is 2.47 bits per heavy atom. The summed E-state index contributed by atoms with van der Waals surface area (Å²) in [6.07, 6.45) is 5.30. The summed E-state index contributed by atoms with van der Waals surface area (Å²) >= 11 is 0. The van der Waals surface area contributed by atoms with Gasteiger partial charge in [-0.15, -0.1) is 0 Å². The van der Waals surface area contributed by atoms with E-state index in [9.17, 15) is 9.59 Å². The highest BCUT2D eigenvalue weighted by Crippen LogP contribution is 2.33. The summed E-state index contributed by atoms with van der Waals surface area (Å²) in [4.78, 5) is 24.6. The average Bonchev–Trinajstić information content (AvgIpc) is 2.35. The number of carbonyl (C=O) groups is 2. The molecule has 1 rings (SSSR count). The maximum absolute atomic E-state index is 12.3. The second kappa shape index (κ2) is 6.03. The molecule has 1 N–H and O–H groups in total. The molecule has 0 spiro atoms. The first-order valence-electron chi connectivity index (χ1n) is 6.48. The van der Waals surface area contributed by atoms with Gasteiger partial charge < -0.3 is 10.0 Å². The Morgan fingerprint density at radius 2 is 1.94 bits per heavy atom. The highest BCUT2D eigenvalue weighted by Gasteiger charge is 2.34. The Kier molecular flexibility index (Phi) is 4.97. The first kappa shape index (κ1) is 14.0. The summed E-state index contributed by atoms with van der Waals surface area (Å²) < 4.78 is 0. The van der Waals surface area contributed by atoms with Crippen molar-refractivity contribution in [1.82, 2.24) is 4.90 Å². The van der Waals surface area contributed by atoms with Crippen molar-refractivity contribution in [2.24, 2.45) is 11.8 Å². The van der Waals surface area contributed by atoms with Gasteiger partial charge in [0.25, 0.3) is 0 Å². The van der Waals surface area contributed by atoms with E-state index in [1.54, 1.807) is 14.0 Å². The third kappa shape index (κ3) is 3.20. The molecular weight excluding hydrogens is 218 g/mol. The summed E-state index contributed by atoms with van der Waals surface area (Å²) in [6, 6.07) is -0.734. The maximum atomic E-state index is 12.3. The molecule has 3 atom stereocenters. The van der Waals surface area contributed by atoms with E-state index in [4.69, 9.17) is 5.11 Å². The second-order valence-electron chi connectivity index (χ2n) is 5.02. The topological polar surface area (TPSA) is 57.6 Å². The number of carbonyl (C=O) groups excluding carboxylic acids is 1. The fraction of sp³-hybridized carbons (Fsp3) is 0.846. The van der Waals surface area contributed by atoms with Gasteiger partial charge in [-0.05, 0) is 25.7 Å². The molecule has 4 heteroatoms. The molecule has 0 bridgehead atoms. The van der Waals surface area contributed by atoms with Crippen molar-refractivity contribution in [3.8, 4) is 0 Å². The normalized spacial score (nSPS) is 26.3. The SMILES string of the molecule is CCC1CCCCC1C(=O)N(C)C(C)C(=O)O. The van der Waals surface area contributed by atoms with E-state index in [1.165, 1.54) is 11.3 Å². The highest BCUT2D eigenvalue weighted by atomic mass is 16.4. The van der Waals surface area contributed by atoms with E-state index in [1.807, 2.05) is 0 Å². The van der Waals surface area contributed by atoms with Gasteiger partial charge in [0.2, 0.25) is 5.91 Å². The number of carboxylic acid groups (broad SMARTS) is 1. The molecule has 1 aliphatic carbocycles. The van der Waals surface area contributed by atoms with E-state index in [0.29, 0.717) is 5.92 Å². The summed E-state index contributed by atoms with van der Waals surface area (Å²) in [5.74, 6) is -0.476. The van der Waals surface area contributed by atoms with Gasteiger partial charge in [-0.1, -0.05) is 26.2 Å². The van der Waals surface area contributed by atoms with Crippen molar-refractivity contribution in [3.05, 3.63) is 0 Å². The molecule has 1 fully saturated rings. The predicted octanol–water partition coefficient (Wildman–Crippen LogP) is 2.13. The molecule has 1 saturated carbocycles. The van der Waals surface area contributed by atoms with Crippen molar-refractivity contribution < 1.29 is 14.7 Å². The molecule has 4 nitrogen and oxygen atoms in total. The van der Waals surface area contributed by atoms with Gasteiger partial charge in [-0.3, -0.25) is 4.79 Å². The first-order chi connectivity index (χ1) is 7.99. The van der Waals surface area contributed by atoms with Crippen LogP contribution in [0.4, 0.5) is 0 Å². The highest BCUT2D eigenvalue weighted by molar-refractivity contribution is 5.84. The van der Waals surface area contributed by atoms with E-state index >= 15 is 0 Å². The van der Waals surface area contributed by atoms with Gasteiger partial charge in [0.1, 0.15) is 6.04 Å². The van der Waals surface area contributed by atoms with Crippen LogP contribution in [0.3, 0.4) is 0 Å². The monoisotopic (exact) mass is 241 g/mol. The predicted molar refractivity (Wildman–Crippen MR) is 65.6 cm³/mol. The molecule has 0 heterocycles. The lowest BCUT2D eigenvalue weighted by molar-refractivity contribution is -0.151. The molecule has 3 unspecified atom stereocenters. The fourth-order valence-electron chi connectivity index (χ4n) is 2.64. The molecular formula is C13H23NO3. The van der Waals surface area contributed by atoms with Crippen LogP contribution < -0.4 is 0 Å². The molecule has 17 heavy (non-hydrogen) atoms. The maximum Gasteiger partial charge on any atom is 0.326 e. The van der Waals surface area contributed by atoms with Crippen LogP contribution in [0.5, 0.6) is 0 Å². The minimum Gasteiger partial charge on any atom is -0.480 e. The third-order valence-electron chi connectivity index (χ3n) is 4.04. The van der Waals surface area contributed by atoms with Gasteiger partial charge in [0.15, 0.2) is 0 Å². The lowest BCUT2D eigenvalue weighted by atomic mass is 9.77. The Bertz CT molecular complexity index is 290. The Morgan fingerprint density at radius 1 is 1.35 bits per heavy atom. The Hall–Kier alpha value is -1.06. The van der Waals surface area contributed by atoms with Crippen molar-refractivity contribution in [2.45, 2.75) is 52.0 Å². The van der Waals surface area contributed by atoms with Gasteiger partial charge >= 0.3 is 5.97 Å². The van der Waals surface area contributed by atoms with Gasteiger partial charge in [0.05, 0.1) is 0 Å². The fourth-order valence-corrected chi connectivity index (χ4v) is 2.64. The van der Waals surface area contributed by atoms with E-state index < -0.39 is 12.0 Å². The zero-order chi connectivity index (χ0) is 13.0. The number of nitrogens with zero attached hydrogens (tertiary/aromatic N) is 1. The van der Waals surface area contributed by atoms with Crippen LogP contribution >= 0.6 is 0 Å². The van der Waals surface area contributed by atoms with Crippen molar-refractivity contribution in [2.75, 3.05) is 7.05 Å². The molecule has 0 aromatic rings. The number of aliphatic carboxylic acids is 1. The van der Waals surface area contributed by atoms with E-state index in [2.05, 4.69) is 6.92 Å². The first-order valence-corrected chi connectivity index (χ1v) is 6.48. The summed E-state index contributed by atoms with van der Waals surface area (Å²) in [6.45, 7) is 3.67. The van der Waals surface area contributed by atoms with E-state index in [-0.39, 0.29) is 11.8 Å². The van der Waals surface area contributed by atoms with Crippen LogP contribution in [0.15, 0.2) is 0 Å². The molecule has 0 aliphatic heterocycles. The molecule has 1 amide bonds.